The van der Waals surface area contributed by atoms with Gasteiger partial charge in [-0.2, -0.15) is 0 Å². The first-order valence-electron chi connectivity index (χ1n) is 12.0. The van der Waals surface area contributed by atoms with E-state index in [4.69, 9.17) is 4.74 Å². The zero-order chi connectivity index (χ0) is 24.9. The molecule has 0 saturated heterocycles. The topological polar surface area (TPSA) is 86.1 Å². The van der Waals surface area contributed by atoms with E-state index in [2.05, 4.69) is 53.6 Å². The van der Waals surface area contributed by atoms with E-state index < -0.39 is 0 Å². The molecule has 0 spiro atoms. The molecule has 1 aliphatic carbocycles. The number of carbonyl (C=O) groups excluding carboxylic acids is 2. The van der Waals surface area contributed by atoms with Gasteiger partial charge in [-0.1, -0.05) is 62.7 Å². The molecule has 1 amide bonds. The molecule has 4 rings (SSSR count). The number of ether oxygens (including phenoxy) is 1. The molecule has 1 aliphatic rings. The van der Waals surface area contributed by atoms with Gasteiger partial charge in [0.1, 0.15) is 5.00 Å². The van der Waals surface area contributed by atoms with E-state index in [1.807, 2.05) is 11.6 Å². The Kier molecular flexibility index (Phi) is 8.28. The zero-order valence-corrected chi connectivity index (χ0v) is 22.4. The van der Waals surface area contributed by atoms with Gasteiger partial charge >= 0.3 is 5.97 Å². The van der Waals surface area contributed by atoms with Gasteiger partial charge in [0.25, 0.3) is 0 Å². The first kappa shape index (κ1) is 25.4. The molecule has 186 valence electrons. The second-order valence-corrected chi connectivity index (χ2v) is 11.1. The van der Waals surface area contributed by atoms with Crippen LogP contribution in [-0.4, -0.2) is 39.5 Å². The Labute approximate surface area is 214 Å². The van der Waals surface area contributed by atoms with E-state index in [0.29, 0.717) is 21.6 Å². The lowest BCUT2D eigenvalue weighted by atomic mass is 9.96. The number of aromatic nitrogens is 3. The maximum absolute atomic E-state index is 12.9. The SMILES string of the molecule is COC(=O)c1c(NC(=O)CSc2nnc(-c3ccc(C(C)C)cc3)n2C)sc2c1CCCCCC2. The van der Waals surface area contributed by atoms with Crippen LogP contribution < -0.4 is 5.32 Å². The summed E-state index contributed by atoms with van der Waals surface area (Å²) in [5, 5.41) is 12.8. The number of thioether (sulfide) groups is 1. The van der Waals surface area contributed by atoms with Crippen LogP contribution in [0.5, 0.6) is 0 Å². The van der Waals surface area contributed by atoms with Gasteiger partial charge in [-0.25, -0.2) is 4.79 Å². The highest BCUT2D eigenvalue weighted by Gasteiger charge is 2.26. The Morgan fingerprint density at radius 1 is 1.11 bits per heavy atom. The highest BCUT2D eigenvalue weighted by atomic mass is 32.2. The molecule has 0 aliphatic heterocycles. The van der Waals surface area contributed by atoms with Crippen LogP contribution in [0, 0.1) is 0 Å². The lowest BCUT2D eigenvalue weighted by Gasteiger charge is -2.11. The van der Waals surface area contributed by atoms with Crippen LogP contribution in [0.3, 0.4) is 0 Å². The van der Waals surface area contributed by atoms with E-state index in [-0.39, 0.29) is 17.6 Å². The van der Waals surface area contributed by atoms with Crippen molar-refractivity contribution in [1.29, 1.82) is 0 Å². The van der Waals surface area contributed by atoms with Gasteiger partial charge in [-0.3, -0.25) is 4.79 Å². The molecule has 0 saturated carbocycles. The maximum atomic E-state index is 12.9. The van der Waals surface area contributed by atoms with Crippen molar-refractivity contribution in [2.75, 3.05) is 18.2 Å². The highest BCUT2D eigenvalue weighted by Crippen LogP contribution is 2.37. The van der Waals surface area contributed by atoms with Gasteiger partial charge < -0.3 is 14.6 Å². The third-order valence-electron chi connectivity index (χ3n) is 6.32. The molecule has 0 atom stereocenters. The summed E-state index contributed by atoms with van der Waals surface area (Å²) in [4.78, 5) is 26.6. The van der Waals surface area contributed by atoms with E-state index in [1.165, 1.54) is 47.1 Å². The van der Waals surface area contributed by atoms with Gasteiger partial charge in [0.05, 0.1) is 18.4 Å². The van der Waals surface area contributed by atoms with E-state index in [0.717, 1.165) is 49.1 Å². The predicted octanol–water partition coefficient (Wildman–Crippen LogP) is 5.84. The molecule has 0 bridgehead atoms. The molecule has 9 heteroatoms. The van der Waals surface area contributed by atoms with E-state index in [9.17, 15) is 9.59 Å². The summed E-state index contributed by atoms with van der Waals surface area (Å²) in [5.74, 6) is 0.833. The predicted molar refractivity (Wildman–Crippen MR) is 141 cm³/mol. The fourth-order valence-corrected chi connectivity index (χ4v) is 6.33. The van der Waals surface area contributed by atoms with Gasteiger partial charge in [0.2, 0.25) is 5.91 Å². The minimum Gasteiger partial charge on any atom is -0.465 e. The lowest BCUT2D eigenvalue weighted by molar-refractivity contribution is -0.113. The first-order valence-corrected chi connectivity index (χ1v) is 13.8. The number of fused-ring (bicyclic) bond motifs is 1. The summed E-state index contributed by atoms with van der Waals surface area (Å²) < 4.78 is 6.96. The Morgan fingerprint density at radius 3 is 2.51 bits per heavy atom. The van der Waals surface area contributed by atoms with Crippen molar-refractivity contribution in [3.05, 3.63) is 45.8 Å². The summed E-state index contributed by atoms with van der Waals surface area (Å²) in [6.45, 7) is 4.33. The molecule has 0 unspecified atom stereocenters. The van der Waals surface area contributed by atoms with Crippen molar-refractivity contribution in [2.24, 2.45) is 7.05 Å². The minimum absolute atomic E-state index is 0.168. The number of benzene rings is 1. The molecule has 2 heterocycles. The second kappa shape index (κ2) is 11.4. The van der Waals surface area contributed by atoms with Crippen LogP contribution >= 0.6 is 23.1 Å². The monoisotopic (exact) mass is 512 g/mol. The van der Waals surface area contributed by atoms with Crippen LogP contribution in [0.2, 0.25) is 0 Å². The number of rotatable bonds is 7. The standard InChI is InChI=1S/C26H32N4O3S2/c1-16(2)17-11-13-18(14-12-17)23-28-29-26(30(23)3)34-15-21(31)27-24-22(25(32)33-4)19-9-7-5-6-8-10-20(19)35-24/h11-14,16H,5-10,15H2,1-4H3,(H,27,31). The number of amides is 1. The molecule has 0 fully saturated rings. The van der Waals surface area contributed by atoms with Crippen molar-refractivity contribution >= 4 is 40.0 Å². The number of methoxy groups -OCH3 is 1. The van der Waals surface area contributed by atoms with Crippen LogP contribution in [0.4, 0.5) is 5.00 Å². The molecule has 0 radical (unpaired) electrons. The number of carbonyl (C=O) groups is 2. The summed E-state index contributed by atoms with van der Waals surface area (Å²) in [6.07, 6.45) is 6.30. The Hall–Kier alpha value is -2.65. The summed E-state index contributed by atoms with van der Waals surface area (Å²) >= 11 is 2.84. The van der Waals surface area contributed by atoms with Gasteiger partial charge in [0.15, 0.2) is 11.0 Å². The van der Waals surface area contributed by atoms with Crippen LogP contribution in [0.25, 0.3) is 11.4 Å². The Bertz CT molecular complexity index is 1200. The van der Waals surface area contributed by atoms with Crippen molar-refractivity contribution in [3.63, 3.8) is 0 Å². The zero-order valence-electron chi connectivity index (χ0n) is 20.7. The average molecular weight is 513 g/mol. The fraction of sp³-hybridized carbons (Fsp3) is 0.462. The molecular formula is C26H32N4O3S2. The number of nitrogens with one attached hydrogen (secondary N) is 1. The number of thiophene rings is 1. The first-order chi connectivity index (χ1) is 16.9. The number of esters is 1. The summed E-state index contributed by atoms with van der Waals surface area (Å²) in [7, 11) is 3.29. The Balaban J connectivity index is 1.45. The molecule has 1 N–H and O–H groups in total. The summed E-state index contributed by atoms with van der Waals surface area (Å²) in [6, 6.07) is 8.33. The molecule has 3 aromatic rings. The number of hydrogen-bond acceptors (Lipinski definition) is 7. The smallest absolute Gasteiger partial charge is 0.341 e. The van der Waals surface area contributed by atoms with E-state index >= 15 is 0 Å². The van der Waals surface area contributed by atoms with Crippen LogP contribution in [-0.2, 0) is 29.4 Å². The van der Waals surface area contributed by atoms with E-state index in [1.54, 1.807) is 0 Å². The molecule has 7 nitrogen and oxygen atoms in total. The normalized spacial score (nSPS) is 13.7. The van der Waals surface area contributed by atoms with Crippen molar-refractivity contribution in [1.82, 2.24) is 14.8 Å². The van der Waals surface area contributed by atoms with Crippen molar-refractivity contribution < 1.29 is 14.3 Å². The number of nitrogens with zero attached hydrogens (tertiary/aromatic N) is 3. The number of hydrogen-bond donors (Lipinski definition) is 1. The molecular weight excluding hydrogens is 480 g/mol. The number of aryl methyl sites for hydroxylation is 1. The third kappa shape index (κ3) is 5.78. The van der Waals surface area contributed by atoms with Gasteiger partial charge in [-0.05, 0) is 42.7 Å². The van der Waals surface area contributed by atoms with Gasteiger partial charge in [-0.15, -0.1) is 21.5 Å². The molecule has 1 aromatic carbocycles. The average Bonchev–Trinajstić information content (AvgIpc) is 3.36. The summed E-state index contributed by atoms with van der Waals surface area (Å²) in [5.41, 5.74) is 3.83. The van der Waals surface area contributed by atoms with Crippen LogP contribution in [0.1, 0.15) is 71.8 Å². The highest BCUT2D eigenvalue weighted by molar-refractivity contribution is 7.99. The largest absolute Gasteiger partial charge is 0.465 e. The lowest BCUT2D eigenvalue weighted by Crippen LogP contribution is -2.16. The fourth-order valence-electron chi connectivity index (χ4n) is 4.33. The molecule has 2 aromatic heterocycles. The molecule has 35 heavy (non-hydrogen) atoms. The van der Waals surface area contributed by atoms with Crippen LogP contribution in [0.15, 0.2) is 29.4 Å². The van der Waals surface area contributed by atoms with Gasteiger partial charge in [0, 0.05) is 17.5 Å². The quantitative estimate of drug-likeness (QED) is 0.316. The second-order valence-electron chi connectivity index (χ2n) is 9.09. The Morgan fingerprint density at radius 2 is 1.83 bits per heavy atom. The van der Waals surface area contributed by atoms with Crippen molar-refractivity contribution in [3.8, 4) is 11.4 Å². The number of anilines is 1. The third-order valence-corrected chi connectivity index (χ3v) is 8.54. The minimum atomic E-state index is -0.382. The van der Waals surface area contributed by atoms with Crippen molar-refractivity contribution in [2.45, 2.75) is 63.4 Å². The maximum Gasteiger partial charge on any atom is 0.341 e.